The summed E-state index contributed by atoms with van der Waals surface area (Å²) >= 11 is 12.0. The highest BCUT2D eigenvalue weighted by molar-refractivity contribution is 6.42. The molecule has 0 spiro atoms. The summed E-state index contributed by atoms with van der Waals surface area (Å²) in [5.74, 6) is -0.0116. The minimum Gasteiger partial charge on any atom is -0.341 e. The Morgan fingerprint density at radius 1 is 0.962 bits per heavy atom. The van der Waals surface area contributed by atoms with Gasteiger partial charge in [-0.1, -0.05) is 23.2 Å². The average Bonchev–Trinajstić information content (AvgIpc) is 2.87. The smallest absolute Gasteiger partial charge is 0.253 e. The summed E-state index contributed by atoms with van der Waals surface area (Å²) in [6.07, 6.45) is 2.69. The number of carbonyl (C=O) groups is 2. The second kappa shape index (κ2) is 8.59. The number of halogens is 2. The standard InChI is InChI=1S/C19H25Cl2N3O2/c1-22-7-3-9-23(11-10-22)19(26)15-4-2-8-24(13-15)18(25)14-5-6-16(20)17(21)12-14/h5-6,12,15H,2-4,7-11,13H2,1H3. The summed E-state index contributed by atoms with van der Waals surface area (Å²) < 4.78 is 0. The minimum absolute atomic E-state index is 0.0864. The minimum atomic E-state index is -0.112. The molecule has 7 heteroatoms. The summed E-state index contributed by atoms with van der Waals surface area (Å²) in [4.78, 5) is 31.8. The van der Waals surface area contributed by atoms with Gasteiger partial charge in [-0.25, -0.2) is 0 Å². The van der Waals surface area contributed by atoms with Crippen molar-refractivity contribution in [3.8, 4) is 0 Å². The predicted octanol–water partition coefficient (Wildman–Crippen LogP) is 3.01. The number of likely N-dealkylation sites (N-methyl/N-ethyl adjacent to an activating group) is 1. The van der Waals surface area contributed by atoms with Crippen molar-refractivity contribution in [3.63, 3.8) is 0 Å². The molecule has 2 heterocycles. The van der Waals surface area contributed by atoms with E-state index in [1.54, 1.807) is 23.1 Å². The Bertz CT molecular complexity index is 683. The fourth-order valence-electron chi connectivity index (χ4n) is 3.70. The predicted molar refractivity (Wildman–Crippen MR) is 104 cm³/mol. The van der Waals surface area contributed by atoms with Crippen LogP contribution in [0.25, 0.3) is 0 Å². The molecule has 142 valence electrons. The van der Waals surface area contributed by atoms with Gasteiger partial charge in [0.15, 0.2) is 0 Å². The van der Waals surface area contributed by atoms with E-state index in [0.717, 1.165) is 45.4 Å². The molecule has 26 heavy (non-hydrogen) atoms. The van der Waals surface area contributed by atoms with Gasteiger partial charge in [-0.2, -0.15) is 0 Å². The van der Waals surface area contributed by atoms with Crippen LogP contribution in [0.5, 0.6) is 0 Å². The third-order valence-corrected chi connectivity index (χ3v) is 5.99. The molecule has 0 bridgehead atoms. The topological polar surface area (TPSA) is 43.9 Å². The van der Waals surface area contributed by atoms with Crippen LogP contribution >= 0.6 is 23.2 Å². The normalized spacial score (nSPS) is 22.2. The Balaban J connectivity index is 1.65. The van der Waals surface area contributed by atoms with Crippen molar-refractivity contribution in [2.45, 2.75) is 19.3 Å². The fraction of sp³-hybridized carbons (Fsp3) is 0.579. The van der Waals surface area contributed by atoms with E-state index in [1.165, 1.54) is 0 Å². The summed E-state index contributed by atoms with van der Waals surface area (Å²) in [5.41, 5.74) is 0.517. The first kappa shape index (κ1) is 19.5. The summed E-state index contributed by atoms with van der Waals surface area (Å²) in [5, 5.41) is 0.803. The van der Waals surface area contributed by atoms with E-state index in [1.807, 2.05) is 4.90 Å². The van der Waals surface area contributed by atoms with Gasteiger partial charge in [-0.05, 0) is 51.1 Å². The monoisotopic (exact) mass is 397 g/mol. The van der Waals surface area contributed by atoms with Crippen molar-refractivity contribution in [1.82, 2.24) is 14.7 Å². The van der Waals surface area contributed by atoms with E-state index in [-0.39, 0.29) is 17.7 Å². The quantitative estimate of drug-likeness (QED) is 0.770. The number of nitrogens with zero attached hydrogens (tertiary/aromatic N) is 3. The van der Waals surface area contributed by atoms with Crippen LogP contribution < -0.4 is 0 Å². The molecule has 5 nitrogen and oxygen atoms in total. The van der Waals surface area contributed by atoms with Crippen molar-refractivity contribution >= 4 is 35.0 Å². The van der Waals surface area contributed by atoms with Gasteiger partial charge >= 0.3 is 0 Å². The second-order valence-corrected chi connectivity index (χ2v) is 8.02. The second-order valence-electron chi connectivity index (χ2n) is 7.20. The van der Waals surface area contributed by atoms with Gasteiger partial charge in [0.25, 0.3) is 5.91 Å². The zero-order chi connectivity index (χ0) is 18.7. The van der Waals surface area contributed by atoms with Crippen molar-refractivity contribution < 1.29 is 9.59 Å². The SMILES string of the molecule is CN1CCCN(C(=O)C2CCCN(C(=O)c3ccc(Cl)c(Cl)c3)C2)CC1. The number of carbonyl (C=O) groups excluding carboxylic acids is 2. The first-order valence-corrected chi connectivity index (χ1v) is 9.93. The third kappa shape index (κ3) is 4.51. The fourth-order valence-corrected chi connectivity index (χ4v) is 4.00. The Morgan fingerprint density at radius 2 is 1.73 bits per heavy atom. The van der Waals surface area contributed by atoms with E-state index in [2.05, 4.69) is 11.9 Å². The van der Waals surface area contributed by atoms with Crippen molar-refractivity contribution in [2.24, 2.45) is 5.92 Å². The van der Waals surface area contributed by atoms with Crippen LogP contribution in [0.2, 0.25) is 10.0 Å². The van der Waals surface area contributed by atoms with E-state index >= 15 is 0 Å². The lowest BCUT2D eigenvalue weighted by Gasteiger charge is -2.35. The summed E-state index contributed by atoms with van der Waals surface area (Å²) in [7, 11) is 2.09. The number of piperidine rings is 1. The van der Waals surface area contributed by atoms with Gasteiger partial charge < -0.3 is 14.7 Å². The molecule has 3 rings (SSSR count). The number of hydrogen-bond acceptors (Lipinski definition) is 3. The molecule has 2 amide bonds. The number of likely N-dealkylation sites (tertiary alicyclic amines) is 1. The van der Waals surface area contributed by atoms with E-state index in [4.69, 9.17) is 23.2 Å². The molecule has 0 aliphatic carbocycles. The summed E-state index contributed by atoms with van der Waals surface area (Å²) in [6, 6.07) is 4.92. The van der Waals surface area contributed by atoms with Gasteiger partial charge in [0.1, 0.15) is 0 Å². The van der Waals surface area contributed by atoms with Crippen molar-refractivity contribution in [3.05, 3.63) is 33.8 Å². The van der Waals surface area contributed by atoms with Crippen molar-refractivity contribution in [1.29, 1.82) is 0 Å². The molecule has 1 aromatic rings. The zero-order valence-electron chi connectivity index (χ0n) is 15.1. The third-order valence-electron chi connectivity index (χ3n) is 5.26. The number of rotatable bonds is 2. The average molecular weight is 398 g/mol. The Kier molecular flexibility index (Phi) is 6.43. The molecule has 0 aromatic heterocycles. The molecular formula is C19H25Cl2N3O2. The molecule has 2 aliphatic heterocycles. The lowest BCUT2D eigenvalue weighted by Crippen LogP contribution is -2.47. The molecule has 2 aliphatic rings. The van der Waals surface area contributed by atoms with Gasteiger partial charge in [0.05, 0.1) is 16.0 Å². The van der Waals surface area contributed by atoms with Gasteiger partial charge in [0, 0.05) is 38.3 Å². The molecule has 1 atom stereocenters. The van der Waals surface area contributed by atoms with Gasteiger partial charge in [-0.15, -0.1) is 0 Å². The zero-order valence-corrected chi connectivity index (χ0v) is 16.6. The van der Waals surface area contributed by atoms with E-state index < -0.39 is 0 Å². The van der Waals surface area contributed by atoms with Gasteiger partial charge in [-0.3, -0.25) is 9.59 Å². The largest absolute Gasteiger partial charge is 0.341 e. The highest BCUT2D eigenvalue weighted by Crippen LogP contribution is 2.25. The molecule has 2 fully saturated rings. The van der Waals surface area contributed by atoms with Crippen LogP contribution in [0, 0.1) is 5.92 Å². The Morgan fingerprint density at radius 3 is 2.50 bits per heavy atom. The van der Waals surface area contributed by atoms with Crippen LogP contribution in [0.1, 0.15) is 29.6 Å². The lowest BCUT2D eigenvalue weighted by molar-refractivity contribution is -0.136. The van der Waals surface area contributed by atoms with Crippen LogP contribution in [0.3, 0.4) is 0 Å². The molecule has 2 saturated heterocycles. The summed E-state index contributed by atoms with van der Waals surface area (Å²) in [6.45, 7) is 4.66. The Hall–Kier alpha value is -1.30. The van der Waals surface area contributed by atoms with E-state index in [0.29, 0.717) is 28.7 Å². The van der Waals surface area contributed by atoms with Crippen molar-refractivity contribution in [2.75, 3.05) is 46.3 Å². The molecule has 1 unspecified atom stereocenters. The lowest BCUT2D eigenvalue weighted by atomic mass is 9.95. The first-order chi connectivity index (χ1) is 12.5. The molecule has 0 N–H and O–H groups in total. The van der Waals surface area contributed by atoms with E-state index in [9.17, 15) is 9.59 Å². The van der Waals surface area contributed by atoms with Gasteiger partial charge in [0.2, 0.25) is 5.91 Å². The number of hydrogen-bond donors (Lipinski definition) is 0. The maximum absolute atomic E-state index is 12.9. The maximum Gasteiger partial charge on any atom is 0.253 e. The highest BCUT2D eigenvalue weighted by Gasteiger charge is 2.32. The Labute approximate surface area is 164 Å². The number of benzene rings is 1. The van der Waals surface area contributed by atoms with Crippen LogP contribution in [-0.4, -0.2) is 72.8 Å². The molecule has 0 radical (unpaired) electrons. The molecule has 1 aromatic carbocycles. The number of amides is 2. The molecular weight excluding hydrogens is 373 g/mol. The van der Waals surface area contributed by atoms with Crippen LogP contribution in [0.4, 0.5) is 0 Å². The first-order valence-electron chi connectivity index (χ1n) is 9.17. The van der Waals surface area contributed by atoms with Crippen LogP contribution in [0.15, 0.2) is 18.2 Å². The highest BCUT2D eigenvalue weighted by atomic mass is 35.5. The molecule has 0 saturated carbocycles. The van der Waals surface area contributed by atoms with Crippen LogP contribution in [-0.2, 0) is 4.79 Å². The maximum atomic E-state index is 12.9.